The maximum absolute atomic E-state index is 11.9. The summed E-state index contributed by atoms with van der Waals surface area (Å²) in [6, 6.07) is -3.44. The van der Waals surface area contributed by atoms with Crippen molar-refractivity contribution in [2.75, 3.05) is 18.9 Å². The van der Waals surface area contributed by atoms with E-state index in [0.29, 0.717) is 13.0 Å². The molecule has 0 aromatic rings. The number of aliphatic carboxylic acids is 1. The largest absolute Gasteiger partial charge is 0.480 e. The van der Waals surface area contributed by atoms with Gasteiger partial charge in [-0.15, -0.1) is 0 Å². The van der Waals surface area contributed by atoms with Gasteiger partial charge >= 0.3 is 5.97 Å². The van der Waals surface area contributed by atoms with Gasteiger partial charge in [-0.1, -0.05) is 0 Å². The van der Waals surface area contributed by atoms with Gasteiger partial charge in [0.15, 0.2) is 5.96 Å². The molecule has 12 heteroatoms. The number of carbonyl (C=O) groups is 3. The molecule has 0 saturated heterocycles. The number of carbonyl (C=O) groups excluding carboxylic acids is 2. The second-order valence-electron chi connectivity index (χ2n) is 4.88. The van der Waals surface area contributed by atoms with Crippen molar-refractivity contribution in [2.45, 2.75) is 31.0 Å². The molecular formula is C12H24N6O5S. The molecule has 0 aliphatic rings. The van der Waals surface area contributed by atoms with Crippen molar-refractivity contribution in [2.24, 2.45) is 22.2 Å². The molecule has 10 N–H and O–H groups in total. The molecule has 0 unspecified atom stereocenters. The predicted molar refractivity (Wildman–Crippen MR) is 90.3 cm³/mol. The van der Waals surface area contributed by atoms with Gasteiger partial charge in [0.25, 0.3) is 0 Å². The van der Waals surface area contributed by atoms with Crippen LogP contribution in [0, 0.1) is 0 Å². The number of thiol groups is 1. The van der Waals surface area contributed by atoms with E-state index in [1.807, 2.05) is 0 Å². The molecule has 0 aliphatic heterocycles. The zero-order valence-electron chi connectivity index (χ0n) is 13.0. The van der Waals surface area contributed by atoms with Crippen LogP contribution in [0.15, 0.2) is 4.99 Å². The van der Waals surface area contributed by atoms with Gasteiger partial charge < -0.3 is 38.0 Å². The lowest BCUT2D eigenvalue weighted by molar-refractivity contribution is -0.143. The molecule has 3 atom stereocenters. The number of aliphatic hydroxyl groups is 1. The minimum absolute atomic E-state index is 0.0586. The Labute approximate surface area is 144 Å². The second-order valence-corrected chi connectivity index (χ2v) is 5.25. The highest BCUT2D eigenvalue weighted by atomic mass is 32.1. The minimum atomic E-state index is -1.47. The molecule has 0 rings (SSSR count). The summed E-state index contributed by atoms with van der Waals surface area (Å²) in [6.07, 6.45) is 0.758. The molecule has 0 heterocycles. The lowest BCUT2D eigenvalue weighted by Crippen LogP contribution is -2.55. The fourth-order valence-electron chi connectivity index (χ4n) is 1.58. The smallest absolute Gasteiger partial charge is 0.328 e. The Morgan fingerprint density at radius 1 is 1.12 bits per heavy atom. The van der Waals surface area contributed by atoms with Crippen molar-refractivity contribution in [1.82, 2.24) is 10.6 Å². The molecule has 2 amide bonds. The van der Waals surface area contributed by atoms with Crippen LogP contribution in [0.25, 0.3) is 0 Å². The number of hydrogen-bond donors (Lipinski definition) is 8. The van der Waals surface area contributed by atoms with Crippen LogP contribution in [0.1, 0.15) is 12.8 Å². The Bertz CT molecular complexity index is 471. The van der Waals surface area contributed by atoms with E-state index >= 15 is 0 Å². The number of nitrogens with one attached hydrogen (secondary N) is 2. The number of nitrogens with two attached hydrogens (primary N) is 3. The van der Waals surface area contributed by atoms with Crippen LogP contribution < -0.4 is 27.8 Å². The summed E-state index contributed by atoms with van der Waals surface area (Å²) in [5.74, 6) is -2.91. The van der Waals surface area contributed by atoms with Gasteiger partial charge in [0.2, 0.25) is 11.8 Å². The van der Waals surface area contributed by atoms with E-state index in [2.05, 4.69) is 28.3 Å². The SMILES string of the molecule is NC(N)=NCCC[C@H](N)C(=O)N[C@@H](CS)C(=O)N[C@@H](CO)C(=O)O. The summed E-state index contributed by atoms with van der Waals surface area (Å²) in [4.78, 5) is 38.4. The summed E-state index contributed by atoms with van der Waals surface area (Å²) >= 11 is 3.94. The number of rotatable bonds is 11. The van der Waals surface area contributed by atoms with E-state index < -0.39 is 42.5 Å². The van der Waals surface area contributed by atoms with Crippen LogP contribution >= 0.6 is 12.6 Å². The fourth-order valence-corrected chi connectivity index (χ4v) is 1.84. The van der Waals surface area contributed by atoms with E-state index in [4.69, 9.17) is 27.4 Å². The molecule has 0 radical (unpaired) electrons. The molecular weight excluding hydrogens is 340 g/mol. The van der Waals surface area contributed by atoms with E-state index in [9.17, 15) is 14.4 Å². The summed E-state index contributed by atoms with van der Waals surface area (Å²) < 4.78 is 0. The van der Waals surface area contributed by atoms with Gasteiger partial charge in [0.1, 0.15) is 12.1 Å². The van der Waals surface area contributed by atoms with E-state index in [0.717, 1.165) is 0 Å². The van der Waals surface area contributed by atoms with Gasteiger partial charge in [0.05, 0.1) is 12.6 Å². The first-order valence-corrected chi connectivity index (χ1v) is 7.72. The first-order valence-electron chi connectivity index (χ1n) is 7.09. The number of guanidine groups is 1. The topological polar surface area (TPSA) is 206 Å². The van der Waals surface area contributed by atoms with Crippen molar-refractivity contribution in [3.63, 3.8) is 0 Å². The third-order valence-electron chi connectivity index (χ3n) is 2.92. The van der Waals surface area contributed by atoms with E-state index in [1.165, 1.54) is 0 Å². The molecule has 138 valence electrons. The van der Waals surface area contributed by atoms with Crippen LogP contribution in [-0.2, 0) is 14.4 Å². The third-order valence-corrected chi connectivity index (χ3v) is 3.28. The summed E-state index contributed by atoms with van der Waals surface area (Å²) in [7, 11) is 0. The van der Waals surface area contributed by atoms with Crippen LogP contribution in [0.3, 0.4) is 0 Å². The van der Waals surface area contributed by atoms with Crippen molar-refractivity contribution >= 4 is 36.4 Å². The Kier molecular flexibility index (Phi) is 10.5. The Balaban J connectivity index is 4.47. The molecule has 11 nitrogen and oxygen atoms in total. The molecule has 0 aromatic carbocycles. The highest BCUT2D eigenvalue weighted by molar-refractivity contribution is 7.80. The summed E-state index contributed by atoms with van der Waals surface area (Å²) in [5.41, 5.74) is 16.0. The Morgan fingerprint density at radius 3 is 2.17 bits per heavy atom. The van der Waals surface area contributed by atoms with Gasteiger partial charge in [-0.2, -0.15) is 12.6 Å². The van der Waals surface area contributed by atoms with Crippen LogP contribution in [0.4, 0.5) is 0 Å². The highest BCUT2D eigenvalue weighted by Crippen LogP contribution is 1.98. The van der Waals surface area contributed by atoms with Gasteiger partial charge in [-0.05, 0) is 12.8 Å². The predicted octanol–water partition coefficient (Wildman–Crippen LogP) is -3.66. The molecule has 0 saturated carbocycles. The third kappa shape index (κ3) is 8.55. The Hall–Kier alpha value is -2.05. The number of hydrogen-bond acceptors (Lipinski definition) is 7. The van der Waals surface area contributed by atoms with E-state index in [-0.39, 0.29) is 18.1 Å². The molecule has 0 fully saturated rings. The average molecular weight is 364 g/mol. The molecule has 0 aliphatic carbocycles. The van der Waals surface area contributed by atoms with Crippen molar-refractivity contribution < 1.29 is 24.6 Å². The highest BCUT2D eigenvalue weighted by Gasteiger charge is 2.26. The zero-order valence-corrected chi connectivity index (χ0v) is 13.9. The lowest BCUT2D eigenvalue weighted by Gasteiger charge is -2.20. The first-order chi connectivity index (χ1) is 11.2. The Morgan fingerprint density at radius 2 is 1.71 bits per heavy atom. The van der Waals surface area contributed by atoms with Gasteiger partial charge in [-0.25, -0.2) is 4.79 Å². The van der Waals surface area contributed by atoms with Crippen molar-refractivity contribution in [3.8, 4) is 0 Å². The first kappa shape index (κ1) is 21.9. The van der Waals surface area contributed by atoms with Crippen molar-refractivity contribution in [3.05, 3.63) is 0 Å². The van der Waals surface area contributed by atoms with Crippen molar-refractivity contribution in [1.29, 1.82) is 0 Å². The molecule has 0 bridgehead atoms. The number of carboxylic acids is 1. The lowest BCUT2D eigenvalue weighted by atomic mass is 10.1. The number of carboxylic acid groups (broad SMARTS) is 1. The van der Waals surface area contributed by atoms with Gasteiger partial charge in [-0.3, -0.25) is 14.6 Å². The van der Waals surface area contributed by atoms with Crippen LogP contribution in [0.5, 0.6) is 0 Å². The fraction of sp³-hybridized carbons (Fsp3) is 0.667. The number of aliphatic imine (C=N–C) groups is 1. The maximum Gasteiger partial charge on any atom is 0.328 e. The summed E-state index contributed by atoms with van der Waals surface area (Å²) in [5, 5.41) is 22.1. The molecule has 0 spiro atoms. The van der Waals surface area contributed by atoms with Crippen LogP contribution in [-0.4, -0.2) is 71.0 Å². The number of nitrogens with zero attached hydrogens (tertiary/aromatic N) is 1. The van der Waals surface area contributed by atoms with Gasteiger partial charge in [0, 0.05) is 12.3 Å². The second kappa shape index (κ2) is 11.5. The molecule has 24 heavy (non-hydrogen) atoms. The number of amides is 2. The standard InChI is InChI=1S/C12H24N6O5S/c13-6(2-1-3-16-12(14)15)9(20)18-8(5-24)10(21)17-7(4-19)11(22)23/h6-8,19,24H,1-5,13H2,(H,17,21)(H,18,20)(H,22,23)(H4,14,15,16)/t6-,7-,8-/m0/s1. The van der Waals surface area contributed by atoms with E-state index in [1.54, 1.807) is 0 Å². The maximum atomic E-state index is 11.9. The quantitative estimate of drug-likeness (QED) is 0.0791. The summed E-state index contributed by atoms with van der Waals surface area (Å²) in [6.45, 7) is -0.463. The monoisotopic (exact) mass is 364 g/mol. The van der Waals surface area contributed by atoms with Crippen LogP contribution in [0.2, 0.25) is 0 Å². The minimum Gasteiger partial charge on any atom is -0.480 e. The zero-order chi connectivity index (χ0) is 18.7. The normalized spacial score (nSPS) is 14.1. The molecule has 0 aromatic heterocycles. The number of aliphatic hydroxyl groups excluding tert-OH is 1. The average Bonchev–Trinajstić information content (AvgIpc) is 2.52.